The van der Waals surface area contributed by atoms with E-state index in [1.807, 2.05) is 6.07 Å². The molecule has 2 heterocycles. The molecule has 0 spiro atoms. The largest absolute Gasteiger partial charge is 0.330 e. The van der Waals surface area contributed by atoms with Gasteiger partial charge in [0.1, 0.15) is 0 Å². The number of aromatic amines is 1. The van der Waals surface area contributed by atoms with Crippen molar-refractivity contribution in [2.45, 2.75) is 16.2 Å². The Labute approximate surface area is 145 Å². The van der Waals surface area contributed by atoms with Gasteiger partial charge < -0.3 is 15.6 Å². The second-order valence-corrected chi connectivity index (χ2v) is 7.28. The summed E-state index contributed by atoms with van der Waals surface area (Å²) in [5, 5.41) is 6.59. The zero-order valence-electron chi connectivity index (χ0n) is 13.4. The molecule has 1 saturated heterocycles. The van der Waals surface area contributed by atoms with E-state index >= 15 is 0 Å². The van der Waals surface area contributed by atoms with E-state index < -0.39 is 0 Å². The predicted octanol–water partition coefficient (Wildman–Crippen LogP) is 4.25. The first-order valence-corrected chi connectivity index (χ1v) is 8.96. The molecule has 0 radical (unpaired) electrons. The van der Waals surface area contributed by atoms with Crippen LogP contribution in [0.4, 0.5) is 5.95 Å². The average Bonchev–Trinajstić information content (AvgIpc) is 2.93. The molecule has 0 amide bonds. The first-order chi connectivity index (χ1) is 11.8. The molecule has 1 aromatic heterocycles. The van der Waals surface area contributed by atoms with Gasteiger partial charge in [-0.25, -0.2) is 4.98 Å². The van der Waals surface area contributed by atoms with Gasteiger partial charge in [-0.15, -0.1) is 0 Å². The highest BCUT2D eigenvalue weighted by molar-refractivity contribution is 7.99. The van der Waals surface area contributed by atoms with E-state index in [0.29, 0.717) is 5.92 Å². The second-order valence-electron chi connectivity index (χ2n) is 6.14. The topological polar surface area (TPSA) is 52.7 Å². The number of allylic oxidation sites excluding steroid dienone is 1. The van der Waals surface area contributed by atoms with Crippen LogP contribution in [0.15, 0.2) is 70.6 Å². The summed E-state index contributed by atoms with van der Waals surface area (Å²) < 4.78 is 0. The van der Waals surface area contributed by atoms with Crippen LogP contribution in [0.5, 0.6) is 0 Å². The summed E-state index contributed by atoms with van der Waals surface area (Å²) in [5.74, 6) is 1.47. The van der Waals surface area contributed by atoms with Gasteiger partial charge in [0.15, 0.2) is 0 Å². The van der Waals surface area contributed by atoms with Crippen LogP contribution in [-0.2, 0) is 0 Å². The van der Waals surface area contributed by atoms with E-state index in [0.717, 1.165) is 42.2 Å². The minimum Gasteiger partial charge on any atom is -0.330 e. The number of H-pyrrole nitrogens is 1. The highest BCUT2D eigenvalue weighted by Crippen LogP contribution is 2.30. The molecule has 3 N–H and O–H groups in total. The van der Waals surface area contributed by atoms with E-state index in [-0.39, 0.29) is 0 Å². The average molecular weight is 336 g/mol. The maximum absolute atomic E-state index is 4.60. The van der Waals surface area contributed by atoms with E-state index in [9.17, 15) is 0 Å². The van der Waals surface area contributed by atoms with Crippen molar-refractivity contribution in [3.63, 3.8) is 0 Å². The number of benzene rings is 2. The molecule has 1 aliphatic heterocycles. The van der Waals surface area contributed by atoms with Gasteiger partial charge in [-0.2, -0.15) is 0 Å². The van der Waals surface area contributed by atoms with E-state index in [1.54, 1.807) is 11.8 Å². The number of anilines is 1. The van der Waals surface area contributed by atoms with Gasteiger partial charge >= 0.3 is 0 Å². The van der Waals surface area contributed by atoms with Gasteiger partial charge in [0.05, 0.1) is 11.0 Å². The van der Waals surface area contributed by atoms with Gasteiger partial charge in [0.2, 0.25) is 5.95 Å². The van der Waals surface area contributed by atoms with Crippen LogP contribution in [0.2, 0.25) is 0 Å². The Balaban J connectivity index is 1.47. The lowest BCUT2D eigenvalue weighted by Crippen LogP contribution is -2.42. The van der Waals surface area contributed by atoms with Gasteiger partial charge in [-0.3, -0.25) is 0 Å². The summed E-state index contributed by atoms with van der Waals surface area (Å²) in [6.45, 7) is 6.28. The Morgan fingerprint density at radius 1 is 1.17 bits per heavy atom. The van der Waals surface area contributed by atoms with Crippen molar-refractivity contribution in [2.75, 3.05) is 18.4 Å². The Bertz CT molecular complexity index is 852. The number of nitrogens with one attached hydrogen (secondary N) is 3. The monoisotopic (exact) mass is 336 g/mol. The second kappa shape index (κ2) is 6.71. The molecule has 0 aliphatic carbocycles. The molecule has 24 heavy (non-hydrogen) atoms. The molecule has 5 heteroatoms. The molecule has 1 fully saturated rings. The van der Waals surface area contributed by atoms with Crippen molar-refractivity contribution in [1.82, 2.24) is 15.3 Å². The lowest BCUT2D eigenvalue weighted by Gasteiger charge is -2.27. The fourth-order valence-corrected chi connectivity index (χ4v) is 3.67. The Morgan fingerprint density at radius 3 is 2.75 bits per heavy atom. The molecule has 4 rings (SSSR count). The molecule has 0 atom stereocenters. The highest BCUT2D eigenvalue weighted by Gasteiger charge is 2.17. The third kappa shape index (κ3) is 3.47. The summed E-state index contributed by atoms with van der Waals surface area (Å²) in [4.78, 5) is 10.4. The van der Waals surface area contributed by atoms with Crippen molar-refractivity contribution in [3.05, 3.63) is 60.8 Å². The lowest BCUT2D eigenvalue weighted by atomic mass is 9.98. The van der Waals surface area contributed by atoms with E-state index in [2.05, 4.69) is 69.6 Å². The van der Waals surface area contributed by atoms with Crippen molar-refractivity contribution >= 4 is 28.7 Å². The predicted molar refractivity (Wildman–Crippen MR) is 100 cm³/mol. The Morgan fingerprint density at radius 2 is 2.00 bits per heavy atom. The Hall–Kier alpha value is -2.24. The van der Waals surface area contributed by atoms with E-state index in [1.165, 1.54) is 9.79 Å². The maximum atomic E-state index is 4.60. The number of nitrogens with zero attached hydrogens (tertiary/aromatic N) is 1. The van der Waals surface area contributed by atoms with Crippen molar-refractivity contribution < 1.29 is 0 Å². The summed E-state index contributed by atoms with van der Waals surface area (Å²) in [5.41, 5.74) is 3.02. The molecule has 0 saturated carbocycles. The lowest BCUT2D eigenvalue weighted by molar-refractivity contribution is 0.346. The minimum atomic E-state index is 0.697. The quantitative estimate of drug-likeness (QED) is 0.630. The summed E-state index contributed by atoms with van der Waals surface area (Å²) in [7, 11) is 0. The fourth-order valence-electron chi connectivity index (χ4n) is 2.80. The number of fused-ring (bicyclic) bond motifs is 1. The number of hydrogen-bond donors (Lipinski definition) is 3. The normalized spacial score (nSPS) is 14.5. The maximum Gasteiger partial charge on any atom is 0.205 e. The van der Waals surface area contributed by atoms with Gasteiger partial charge in [0, 0.05) is 15.5 Å². The zero-order chi connectivity index (χ0) is 16.4. The van der Waals surface area contributed by atoms with Crippen LogP contribution in [0.25, 0.3) is 11.0 Å². The zero-order valence-corrected chi connectivity index (χ0v) is 14.2. The smallest absolute Gasteiger partial charge is 0.205 e. The van der Waals surface area contributed by atoms with Crippen LogP contribution in [0, 0.1) is 5.92 Å². The first kappa shape index (κ1) is 15.3. The van der Waals surface area contributed by atoms with Gasteiger partial charge in [-0.05, 0) is 55.8 Å². The number of aromatic nitrogens is 2. The number of hydrogen-bond acceptors (Lipinski definition) is 4. The van der Waals surface area contributed by atoms with E-state index in [4.69, 9.17) is 0 Å². The molecule has 2 aromatic carbocycles. The molecule has 0 unspecified atom stereocenters. The summed E-state index contributed by atoms with van der Waals surface area (Å²) in [6, 6.07) is 16.7. The van der Waals surface area contributed by atoms with Crippen LogP contribution < -0.4 is 10.6 Å². The number of rotatable bonds is 6. The van der Waals surface area contributed by atoms with Crippen LogP contribution in [0.3, 0.4) is 0 Å². The first-order valence-electron chi connectivity index (χ1n) is 8.14. The molecule has 122 valence electrons. The van der Waals surface area contributed by atoms with Crippen molar-refractivity contribution in [1.29, 1.82) is 0 Å². The van der Waals surface area contributed by atoms with Crippen LogP contribution in [-0.4, -0.2) is 23.1 Å². The van der Waals surface area contributed by atoms with Crippen molar-refractivity contribution in [2.24, 2.45) is 5.92 Å². The molecular weight excluding hydrogens is 316 g/mol. The SMILES string of the molecule is C=C(CC1CNC1)Nc1nc2ccc(Sc3ccccc3)cc2[nH]1. The van der Waals surface area contributed by atoms with Crippen LogP contribution >= 0.6 is 11.8 Å². The summed E-state index contributed by atoms with van der Waals surface area (Å²) in [6.07, 6.45) is 0.985. The third-order valence-electron chi connectivity index (χ3n) is 4.13. The number of imidazole rings is 1. The molecule has 0 bridgehead atoms. The van der Waals surface area contributed by atoms with Crippen molar-refractivity contribution in [3.8, 4) is 0 Å². The highest BCUT2D eigenvalue weighted by atomic mass is 32.2. The molecular formula is C19H20N4S. The van der Waals surface area contributed by atoms with Gasteiger partial charge in [0.25, 0.3) is 0 Å². The fraction of sp³-hybridized carbons (Fsp3) is 0.211. The Kier molecular flexibility index (Phi) is 4.28. The standard InChI is InChI=1S/C19H20N4S/c1-13(9-14-11-20-12-14)21-19-22-17-8-7-16(10-18(17)23-19)24-15-5-3-2-4-6-15/h2-8,10,14,20H,1,9,11-12H2,(H2,21,22,23). The molecule has 4 nitrogen and oxygen atoms in total. The van der Waals surface area contributed by atoms with Gasteiger partial charge in [-0.1, -0.05) is 36.5 Å². The minimum absolute atomic E-state index is 0.697. The molecule has 1 aliphatic rings. The molecule has 3 aromatic rings. The summed E-state index contributed by atoms with van der Waals surface area (Å²) >= 11 is 1.75. The third-order valence-corrected chi connectivity index (χ3v) is 5.13. The van der Waals surface area contributed by atoms with Crippen LogP contribution in [0.1, 0.15) is 6.42 Å².